The van der Waals surface area contributed by atoms with Gasteiger partial charge in [0.15, 0.2) is 17.0 Å². The molecule has 0 bridgehead atoms. The average Bonchev–Trinajstić information content (AvgIpc) is 3.49. The van der Waals surface area contributed by atoms with E-state index in [1.165, 1.54) is 0 Å². The number of aromatic nitrogens is 4. The predicted octanol–water partition coefficient (Wildman–Crippen LogP) is 2.79. The van der Waals surface area contributed by atoms with Crippen LogP contribution in [0.15, 0.2) is 30.9 Å². The zero-order valence-corrected chi connectivity index (χ0v) is 18.8. The van der Waals surface area contributed by atoms with Gasteiger partial charge in [0.25, 0.3) is 5.91 Å². The van der Waals surface area contributed by atoms with Crippen molar-refractivity contribution in [3.05, 3.63) is 42.0 Å². The number of nitrogens with zero attached hydrogens (tertiary/aromatic N) is 6. The Morgan fingerprint density at radius 3 is 2.65 bits per heavy atom. The molecule has 1 N–H and O–H groups in total. The summed E-state index contributed by atoms with van der Waals surface area (Å²) >= 11 is 0. The van der Waals surface area contributed by atoms with Crippen LogP contribution in [0.4, 0.5) is 5.82 Å². The fraction of sp³-hybridized carbons (Fsp3) is 0.478. The van der Waals surface area contributed by atoms with Gasteiger partial charge in [-0.3, -0.25) is 9.36 Å². The zero-order chi connectivity index (χ0) is 22.0. The van der Waals surface area contributed by atoms with Crippen LogP contribution in [0.3, 0.4) is 0 Å². The van der Waals surface area contributed by atoms with Crippen molar-refractivity contribution in [3.63, 3.8) is 0 Å². The molecule has 1 amide bonds. The van der Waals surface area contributed by atoms with E-state index in [1.54, 1.807) is 12.7 Å². The van der Waals surface area contributed by atoms with Gasteiger partial charge in [-0.1, -0.05) is 19.9 Å². The molecule has 0 radical (unpaired) electrons. The van der Waals surface area contributed by atoms with Gasteiger partial charge in [-0.25, -0.2) is 15.0 Å². The maximum Gasteiger partial charge on any atom is 0.251 e. The number of benzene rings is 1. The summed E-state index contributed by atoms with van der Waals surface area (Å²) in [4.78, 5) is 30.7. The van der Waals surface area contributed by atoms with Crippen molar-refractivity contribution in [2.45, 2.75) is 39.7 Å². The molecule has 31 heavy (non-hydrogen) atoms. The van der Waals surface area contributed by atoms with E-state index in [2.05, 4.69) is 43.9 Å². The number of rotatable bonds is 9. The van der Waals surface area contributed by atoms with Crippen molar-refractivity contribution in [2.75, 3.05) is 38.1 Å². The van der Waals surface area contributed by atoms with Gasteiger partial charge in [0.2, 0.25) is 0 Å². The lowest BCUT2D eigenvalue weighted by molar-refractivity contribution is 0.0951. The number of fused-ring (bicyclic) bond motifs is 1. The molecule has 1 saturated carbocycles. The van der Waals surface area contributed by atoms with Crippen LogP contribution >= 0.6 is 0 Å². The van der Waals surface area contributed by atoms with Gasteiger partial charge in [-0.15, -0.1) is 0 Å². The van der Waals surface area contributed by atoms with Crippen LogP contribution < -0.4 is 10.2 Å². The van der Waals surface area contributed by atoms with E-state index in [4.69, 9.17) is 0 Å². The molecule has 1 aromatic carbocycles. The third-order valence-corrected chi connectivity index (χ3v) is 5.97. The molecule has 1 aliphatic carbocycles. The lowest BCUT2D eigenvalue weighted by Gasteiger charge is -2.23. The fourth-order valence-corrected chi connectivity index (χ4v) is 3.72. The number of hydrogen-bond donors (Lipinski definition) is 1. The summed E-state index contributed by atoms with van der Waals surface area (Å²) in [6, 6.07) is 6.09. The maximum absolute atomic E-state index is 12.5. The third kappa shape index (κ3) is 4.54. The number of anilines is 1. The molecule has 1 aliphatic rings. The van der Waals surface area contributed by atoms with E-state index in [9.17, 15) is 4.79 Å². The molecule has 0 saturated heterocycles. The van der Waals surface area contributed by atoms with E-state index in [0.29, 0.717) is 11.6 Å². The van der Waals surface area contributed by atoms with Crippen LogP contribution in [-0.2, 0) is 0 Å². The topological polar surface area (TPSA) is 79.2 Å². The molecule has 0 aliphatic heterocycles. The minimum Gasteiger partial charge on any atom is -0.356 e. The molecule has 1 fully saturated rings. The van der Waals surface area contributed by atoms with Crippen LogP contribution in [-0.4, -0.2) is 69.6 Å². The number of hydrogen-bond acceptors (Lipinski definition) is 6. The Kier molecular flexibility index (Phi) is 6.18. The van der Waals surface area contributed by atoms with Crippen LogP contribution in [0, 0.1) is 6.92 Å². The first-order valence-electron chi connectivity index (χ1n) is 11.0. The number of amides is 1. The van der Waals surface area contributed by atoms with Crippen molar-refractivity contribution < 1.29 is 4.79 Å². The minimum atomic E-state index is -0.0281. The number of likely N-dealkylation sites (N-methyl/N-ethyl adjacent to an activating group) is 2. The van der Waals surface area contributed by atoms with Crippen LogP contribution in [0.5, 0.6) is 0 Å². The molecular weight excluding hydrogens is 390 g/mol. The van der Waals surface area contributed by atoms with Gasteiger partial charge in [-0.2, -0.15) is 0 Å². The summed E-state index contributed by atoms with van der Waals surface area (Å²) in [5.41, 5.74) is 4.11. The molecule has 8 nitrogen and oxygen atoms in total. The Balaban J connectivity index is 1.64. The lowest BCUT2D eigenvalue weighted by Crippen LogP contribution is -2.33. The van der Waals surface area contributed by atoms with Gasteiger partial charge >= 0.3 is 0 Å². The number of aryl methyl sites for hydroxylation is 1. The van der Waals surface area contributed by atoms with E-state index >= 15 is 0 Å². The van der Waals surface area contributed by atoms with Gasteiger partial charge in [0, 0.05) is 31.7 Å². The smallest absolute Gasteiger partial charge is 0.251 e. The fourth-order valence-electron chi connectivity index (χ4n) is 3.72. The maximum atomic E-state index is 12.5. The van der Waals surface area contributed by atoms with Crippen molar-refractivity contribution in [2.24, 2.45) is 0 Å². The van der Waals surface area contributed by atoms with Gasteiger partial charge in [-0.05, 0) is 50.6 Å². The third-order valence-electron chi connectivity index (χ3n) is 5.97. The van der Waals surface area contributed by atoms with Gasteiger partial charge in [0.05, 0.1) is 5.69 Å². The molecule has 2 aromatic heterocycles. The molecule has 0 atom stereocenters. The second-order valence-corrected chi connectivity index (χ2v) is 8.18. The molecule has 4 rings (SSSR count). The zero-order valence-electron chi connectivity index (χ0n) is 18.8. The van der Waals surface area contributed by atoms with Crippen molar-refractivity contribution in [3.8, 4) is 5.69 Å². The molecule has 164 valence electrons. The van der Waals surface area contributed by atoms with Crippen molar-refractivity contribution >= 4 is 22.9 Å². The minimum absolute atomic E-state index is 0.0281. The lowest BCUT2D eigenvalue weighted by atomic mass is 10.1. The van der Waals surface area contributed by atoms with Crippen molar-refractivity contribution in [1.82, 2.24) is 29.7 Å². The SMILES string of the molecule is CCN(CC)CCN(C)c1ncnc2c1ncn2-c1cc(C(=O)NC2CC2)ccc1C. The van der Waals surface area contributed by atoms with Crippen LogP contribution in [0.1, 0.15) is 42.6 Å². The van der Waals surface area contributed by atoms with Crippen molar-refractivity contribution in [1.29, 1.82) is 0 Å². The van der Waals surface area contributed by atoms with Crippen LogP contribution in [0.25, 0.3) is 16.9 Å². The summed E-state index contributed by atoms with van der Waals surface area (Å²) in [7, 11) is 2.04. The Morgan fingerprint density at radius 2 is 1.94 bits per heavy atom. The highest BCUT2D eigenvalue weighted by atomic mass is 16.1. The average molecular weight is 422 g/mol. The number of nitrogens with one attached hydrogen (secondary N) is 1. The van der Waals surface area contributed by atoms with E-state index in [1.807, 2.05) is 36.7 Å². The Hall–Kier alpha value is -3.00. The molecule has 3 aromatic rings. The first-order chi connectivity index (χ1) is 15.0. The summed E-state index contributed by atoms with van der Waals surface area (Å²) in [5.74, 6) is 0.788. The monoisotopic (exact) mass is 421 g/mol. The first-order valence-corrected chi connectivity index (χ1v) is 11.0. The molecule has 0 spiro atoms. The number of carbonyl (C=O) groups is 1. The molecule has 0 unspecified atom stereocenters. The Bertz CT molecular complexity index is 1070. The molecular formula is C23H31N7O. The van der Waals surface area contributed by atoms with Gasteiger partial charge < -0.3 is 15.1 Å². The Labute approximate surface area is 183 Å². The highest BCUT2D eigenvalue weighted by Gasteiger charge is 2.24. The molecule has 2 heterocycles. The normalized spacial score (nSPS) is 13.7. The second kappa shape index (κ2) is 9.01. The Morgan fingerprint density at radius 1 is 1.16 bits per heavy atom. The summed E-state index contributed by atoms with van der Waals surface area (Å²) < 4.78 is 1.95. The van der Waals surface area contributed by atoms with E-state index in [-0.39, 0.29) is 5.91 Å². The molecule has 8 heteroatoms. The van der Waals surface area contributed by atoms with Gasteiger partial charge in [0.1, 0.15) is 12.7 Å². The summed E-state index contributed by atoms with van der Waals surface area (Å²) in [6.07, 6.45) is 5.49. The largest absolute Gasteiger partial charge is 0.356 e. The second-order valence-electron chi connectivity index (χ2n) is 8.18. The first kappa shape index (κ1) is 21.2. The van der Waals surface area contributed by atoms with E-state index < -0.39 is 0 Å². The summed E-state index contributed by atoms with van der Waals surface area (Å²) in [6.45, 7) is 10.3. The highest BCUT2D eigenvalue weighted by Crippen LogP contribution is 2.26. The predicted molar refractivity (Wildman–Crippen MR) is 123 cm³/mol. The number of imidazole rings is 1. The summed E-state index contributed by atoms with van der Waals surface area (Å²) in [5, 5.41) is 3.06. The standard InChI is InChI=1S/C23H31N7O/c1-5-29(6-2)12-11-28(4)21-20-22(25-14-24-21)30(15-26-20)19-13-17(8-7-16(19)3)23(31)27-18-9-10-18/h7-8,13-15,18H,5-6,9-12H2,1-4H3,(H,27,31). The van der Waals surface area contributed by atoms with E-state index in [0.717, 1.165) is 67.3 Å². The quantitative estimate of drug-likeness (QED) is 0.572. The highest BCUT2D eigenvalue weighted by molar-refractivity contribution is 5.95. The van der Waals surface area contributed by atoms with Crippen LogP contribution in [0.2, 0.25) is 0 Å². The number of carbonyl (C=O) groups excluding carboxylic acids is 1.